The fraction of sp³-hybridized carbons (Fsp3) is 0.500. The van der Waals surface area contributed by atoms with Crippen LogP contribution >= 0.6 is 11.5 Å². The van der Waals surface area contributed by atoms with Gasteiger partial charge in [-0.3, -0.25) is 0 Å². The van der Waals surface area contributed by atoms with Gasteiger partial charge in [-0.2, -0.15) is 9.64 Å². The number of amides is 2. The predicted octanol–water partition coefficient (Wildman–Crippen LogP) is 2.80. The Hall–Kier alpha value is -2.93. The van der Waals surface area contributed by atoms with Crippen molar-refractivity contribution in [3.8, 4) is 6.07 Å². The number of hydrogen-bond donors (Lipinski definition) is 2. The van der Waals surface area contributed by atoms with Gasteiger partial charge in [0.05, 0.1) is 11.9 Å². The lowest BCUT2D eigenvalue weighted by molar-refractivity contribution is 0.171. The third-order valence-corrected chi connectivity index (χ3v) is 5.22. The molecule has 28 heavy (non-hydrogen) atoms. The smallest absolute Gasteiger partial charge is 0.319 e. The van der Waals surface area contributed by atoms with Crippen molar-refractivity contribution in [3.05, 3.63) is 23.7 Å². The number of carbonyl (C=O) groups excluding carboxylic acids is 1. The molecule has 3 rings (SSSR count). The number of anilines is 3. The second-order valence-electron chi connectivity index (χ2n) is 6.98. The largest absolute Gasteiger partial charge is 0.364 e. The fourth-order valence-electron chi connectivity index (χ4n) is 3.09. The number of nitriles is 1. The Morgan fingerprint density at radius 1 is 1.43 bits per heavy atom. The molecule has 1 fully saturated rings. The maximum Gasteiger partial charge on any atom is 0.319 e. The van der Waals surface area contributed by atoms with Gasteiger partial charge in [-0.05, 0) is 43.8 Å². The summed E-state index contributed by atoms with van der Waals surface area (Å²) in [7, 11) is 3.53. The Kier molecular flexibility index (Phi) is 6.26. The predicted molar refractivity (Wildman–Crippen MR) is 109 cm³/mol. The zero-order valence-electron chi connectivity index (χ0n) is 16.3. The molecule has 0 saturated carbocycles. The molecule has 2 N–H and O–H groups in total. The molecule has 1 atom stereocenters. The number of carbonyl (C=O) groups is 1. The lowest BCUT2D eigenvalue weighted by atomic mass is 10.1. The second-order valence-corrected chi connectivity index (χ2v) is 7.79. The molecule has 0 aromatic carbocycles. The molecule has 0 spiro atoms. The van der Waals surface area contributed by atoms with Crippen LogP contribution in [0.15, 0.2) is 12.3 Å². The molecule has 0 bridgehead atoms. The molecule has 9 nitrogen and oxygen atoms in total. The molecule has 2 aromatic heterocycles. The number of rotatable bonds is 4. The Morgan fingerprint density at radius 2 is 2.25 bits per heavy atom. The van der Waals surface area contributed by atoms with Crippen LogP contribution in [0, 0.1) is 18.3 Å². The van der Waals surface area contributed by atoms with Gasteiger partial charge in [0.15, 0.2) is 11.5 Å². The highest BCUT2D eigenvalue weighted by molar-refractivity contribution is 7.10. The van der Waals surface area contributed by atoms with Crippen LogP contribution < -0.4 is 10.6 Å². The van der Waals surface area contributed by atoms with E-state index < -0.39 is 0 Å². The molecule has 10 heteroatoms. The molecule has 2 aromatic rings. The topological polar surface area (TPSA) is 110 Å². The standard InChI is InChI=1S/C18H24N8OS/c1-12-8-16(28-24-12)23-17-14(9-19)20-10-15(22-17)21-13-6-4-5-7-26(11-13)18(27)25(2)3/h8,10,13H,4-7,11H2,1-3H3,(H2,21,22,23). The lowest BCUT2D eigenvalue weighted by Crippen LogP contribution is -2.44. The van der Waals surface area contributed by atoms with Gasteiger partial charge in [0.2, 0.25) is 0 Å². The molecular formula is C18H24N8OS. The quantitative estimate of drug-likeness (QED) is 0.812. The van der Waals surface area contributed by atoms with Crippen LogP contribution in [-0.2, 0) is 0 Å². The normalized spacial score (nSPS) is 16.8. The Morgan fingerprint density at radius 3 is 2.93 bits per heavy atom. The van der Waals surface area contributed by atoms with Crippen LogP contribution in [0.1, 0.15) is 30.7 Å². The van der Waals surface area contributed by atoms with Gasteiger partial charge in [-0.25, -0.2) is 14.8 Å². The average molecular weight is 401 g/mol. The van der Waals surface area contributed by atoms with E-state index in [0.717, 1.165) is 36.5 Å². The maximum absolute atomic E-state index is 12.3. The molecule has 1 aliphatic heterocycles. The Bertz CT molecular complexity index is 875. The molecule has 2 amide bonds. The molecule has 1 unspecified atom stereocenters. The van der Waals surface area contributed by atoms with Crippen LogP contribution in [0.2, 0.25) is 0 Å². The third kappa shape index (κ3) is 4.86. The number of nitrogens with zero attached hydrogens (tertiary/aromatic N) is 6. The van der Waals surface area contributed by atoms with Crippen LogP contribution in [-0.4, -0.2) is 63.4 Å². The van der Waals surface area contributed by atoms with E-state index in [1.807, 2.05) is 17.9 Å². The van der Waals surface area contributed by atoms with Crippen molar-refractivity contribution >= 4 is 34.2 Å². The summed E-state index contributed by atoms with van der Waals surface area (Å²) in [5.41, 5.74) is 1.12. The van der Waals surface area contributed by atoms with Gasteiger partial charge in [0.25, 0.3) is 0 Å². The van der Waals surface area contributed by atoms with E-state index in [4.69, 9.17) is 0 Å². The van der Waals surface area contributed by atoms with E-state index >= 15 is 0 Å². The zero-order chi connectivity index (χ0) is 20.1. The minimum Gasteiger partial charge on any atom is -0.364 e. The SMILES string of the molecule is Cc1cc(Nc2nc(NC3CCCCN(C(=O)N(C)C)C3)cnc2C#N)sn1. The molecule has 3 heterocycles. The first kappa shape index (κ1) is 19.8. The van der Waals surface area contributed by atoms with Crippen molar-refractivity contribution in [2.75, 3.05) is 37.8 Å². The zero-order valence-corrected chi connectivity index (χ0v) is 17.1. The molecule has 0 radical (unpaired) electrons. The van der Waals surface area contributed by atoms with Crippen molar-refractivity contribution < 1.29 is 4.79 Å². The summed E-state index contributed by atoms with van der Waals surface area (Å²) in [4.78, 5) is 24.6. The summed E-state index contributed by atoms with van der Waals surface area (Å²) in [6.45, 7) is 3.27. The number of nitrogens with one attached hydrogen (secondary N) is 2. The minimum atomic E-state index is 0.0162. The van der Waals surface area contributed by atoms with Gasteiger partial charge < -0.3 is 20.4 Å². The average Bonchev–Trinajstić information content (AvgIpc) is 2.94. The van der Waals surface area contributed by atoms with Crippen LogP contribution in [0.3, 0.4) is 0 Å². The molecular weight excluding hydrogens is 376 g/mol. The number of urea groups is 1. The maximum atomic E-state index is 12.3. The highest BCUT2D eigenvalue weighted by Crippen LogP contribution is 2.24. The first-order valence-corrected chi connectivity index (χ1v) is 9.94. The van der Waals surface area contributed by atoms with Gasteiger partial charge in [0, 0.05) is 33.2 Å². The Labute approximate surface area is 168 Å². The van der Waals surface area contributed by atoms with Crippen molar-refractivity contribution in [2.24, 2.45) is 0 Å². The monoisotopic (exact) mass is 400 g/mol. The van der Waals surface area contributed by atoms with Crippen molar-refractivity contribution in [3.63, 3.8) is 0 Å². The van der Waals surface area contributed by atoms with E-state index in [1.165, 1.54) is 11.5 Å². The highest BCUT2D eigenvalue weighted by Gasteiger charge is 2.23. The number of hydrogen-bond acceptors (Lipinski definition) is 8. The van der Waals surface area contributed by atoms with E-state index in [0.29, 0.717) is 18.2 Å². The first-order chi connectivity index (χ1) is 13.5. The number of aromatic nitrogens is 3. The first-order valence-electron chi connectivity index (χ1n) is 9.16. The van der Waals surface area contributed by atoms with Gasteiger partial charge >= 0.3 is 6.03 Å². The van der Waals surface area contributed by atoms with Crippen LogP contribution in [0.25, 0.3) is 0 Å². The summed E-state index contributed by atoms with van der Waals surface area (Å²) in [6.07, 6.45) is 4.51. The fourth-order valence-corrected chi connectivity index (χ4v) is 3.75. The van der Waals surface area contributed by atoms with Crippen molar-refractivity contribution in [1.82, 2.24) is 24.1 Å². The summed E-state index contributed by atoms with van der Waals surface area (Å²) in [5, 5.41) is 16.6. The number of aryl methyl sites for hydroxylation is 1. The number of likely N-dealkylation sites (tertiary alicyclic amines) is 1. The highest BCUT2D eigenvalue weighted by atomic mass is 32.1. The molecule has 1 saturated heterocycles. The summed E-state index contributed by atoms with van der Waals surface area (Å²) in [5.74, 6) is 0.970. The van der Waals surface area contributed by atoms with Gasteiger partial charge in [0.1, 0.15) is 16.9 Å². The summed E-state index contributed by atoms with van der Waals surface area (Å²) >= 11 is 1.31. The molecule has 0 aliphatic carbocycles. The lowest BCUT2D eigenvalue weighted by Gasteiger charge is -2.28. The van der Waals surface area contributed by atoms with E-state index in [1.54, 1.807) is 25.2 Å². The van der Waals surface area contributed by atoms with Crippen molar-refractivity contribution in [1.29, 1.82) is 5.26 Å². The van der Waals surface area contributed by atoms with Gasteiger partial charge in [-0.15, -0.1) is 0 Å². The van der Waals surface area contributed by atoms with Gasteiger partial charge in [-0.1, -0.05) is 0 Å². The van der Waals surface area contributed by atoms with E-state index in [-0.39, 0.29) is 17.8 Å². The second kappa shape index (κ2) is 8.84. The summed E-state index contributed by atoms with van der Waals surface area (Å²) < 4.78 is 4.22. The minimum absolute atomic E-state index is 0.0162. The van der Waals surface area contributed by atoms with E-state index in [2.05, 4.69) is 31.0 Å². The summed E-state index contributed by atoms with van der Waals surface area (Å²) in [6, 6.07) is 4.04. The van der Waals surface area contributed by atoms with E-state index in [9.17, 15) is 10.1 Å². The van der Waals surface area contributed by atoms with Crippen LogP contribution in [0.4, 0.5) is 21.4 Å². The van der Waals surface area contributed by atoms with Crippen LogP contribution in [0.5, 0.6) is 0 Å². The molecule has 148 valence electrons. The third-order valence-electron chi connectivity index (χ3n) is 4.42. The Balaban J connectivity index is 1.75. The van der Waals surface area contributed by atoms with Crippen molar-refractivity contribution in [2.45, 2.75) is 32.2 Å². The molecule has 1 aliphatic rings.